The lowest BCUT2D eigenvalue weighted by molar-refractivity contribution is 0.0747. The van der Waals surface area contributed by atoms with Crippen LogP contribution in [0, 0.1) is 5.82 Å². The first-order chi connectivity index (χ1) is 12.5. The highest BCUT2D eigenvalue weighted by molar-refractivity contribution is 5.97. The fourth-order valence-electron chi connectivity index (χ4n) is 3.30. The quantitative estimate of drug-likeness (QED) is 0.707. The molecule has 1 fully saturated rings. The van der Waals surface area contributed by atoms with Gasteiger partial charge in [0.1, 0.15) is 5.82 Å². The zero-order chi connectivity index (χ0) is 18.3. The van der Waals surface area contributed by atoms with Crippen LogP contribution >= 0.6 is 0 Å². The van der Waals surface area contributed by atoms with Crippen molar-refractivity contribution in [2.24, 2.45) is 7.05 Å². The first kappa shape index (κ1) is 16.4. The van der Waals surface area contributed by atoms with Gasteiger partial charge in [-0.15, -0.1) is 0 Å². The van der Waals surface area contributed by atoms with E-state index < -0.39 is 5.76 Å². The van der Waals surface area contributed by atoms with Crippen LogP contribution in [0.5, 0.6) is 0 Å². The van der Waals surface area contributed by atoms with Crippen molar-refractivity contribution >= 4 is 22.7 Å². The van der Waals surface area contributed by atoms with Crippen LogP contribution in [0.15, 0.2) is 51.7 Å². The SMILES string of the molecule is Cn1c(=O)oc2ccc(C(=O)N3CCN(c4ccccc4F)CC3)cc21. The summed E-state index contributed by atoms with van der Waals surface area (Å²) in [6.07, 6.45) is 0. The number of fused-ring (bicyclic) bond motifs is 1. The summed E-state index contributed by atoms with van der Waals surface area (Å²) < 4.78 is 20.4. The number of aromatic nitrogens is 1. The molecule has 0 atom stereocenters. The fourth-order valence-corrected chi connectivity index (χ4v) is 3.30. The number of carbonyl (C=O) groups is 1. The Kier molecular flexibility index (Phi) is 3.99. The number of anilines is 1. The van der Waals surface area contributed by atoms with Crippen LogP contribution in [0.1, 0.15) is 10.4 Å². The molecule has 0 saturated carbocycles. The third-order valence-corrected chi connectivity index (χ3v) is 4.80. The van der Waals surface area contributed by atoms with Crippen LogP contribution in [0.2, 0.25) is 0 Å². The van der Waals surface area contributed by atoms with Crippen LogP contribution in [-0.2, 0) is 7.05 Å². The van der Waals surface area contributed by atoms with Crippen LogP contribution in [0.4, 0.5) is 10.1 Å². The van der Waals surface area contributed by atoms with Gasteiger partial charge in [-0.2, -0.15) is 0 Å². The minimum atomic E-state index is -0.455. The second kappa shape index (κ2) is 6.33. The number of benzene rings is 2. The van der Waals surface area contributed by atoms with Crippen LogP contribution in [0.3, 0.4) is 0 Å². The van der Waals surface area contributed by atoms with Crippen molar-refractivity contribution in [2.45, 2.75) is 0 Å². The predicted octanol–water partition coefficient (Wildman–Crippen LogP) is 2.23. The monoisotopic (exact) mass is 355 g/mol. The van der Waals surface area contributed by atoms with E-state index in [1.54, 1.807) is 48.3 Å². The molecule has 26 heavy (non-hydrogen) atoms. The molecule has 1 saturated heterocycles. The molecule has 1 aromatic heterocycles. The first-order valence-corrected chi connectivity index (χ1v) is 8.43. The van der Waals surface area contributed by atoms with Crippen molar-refractivity contribution in [1.82, 2.24) is 9.47 Å². The van der Waals surface area contributed by atoms with Crippen molar-refractivity contribution in [3.63, 3.8) is 0 Å². The molecule has 4 rings (SSSR count). The highest BCUT2D eigenvalue weighted by Gasteiger charge is 2.24. The maximum absolute atomic E-state index is 13.9. The Morgan fingerprint density at radius 3 is 2.54 bits per heavy atom. The standard InChI is InChI=1S/C19H18FN3O3/c1-21-16-12-13(6-7-17(16)26-19(21)25)18(24)23-10-8-22(9-11-23)15-5-3-2-4-14(15)20/h2-7,12H,8-11H2,1H3. The van der Waals surface area contributed by atoms with E-state index in [9.17, 15) is 14.0 Å². The summed E-state index contributed by atoms with van der Waals surface area (Å²) in [5.41, 5.74) is 2.12. The van der Waals surface area contributed by atoms with Gasteiger partial charge >= 0.3 is 5.76 Å². The molecule has 0 N–H and O–H groups in total. The van der Waals surface area contributed by atoms with E-state index in [4.69, 9.17) is 4.42 Å². The van der Waals surface area contributed by atoms with E-state index in [0.29, 0.717) is 48.5 Å². The molecule has 1 aliphatic heterocycles. The Bertz CT molecular complexity index is 1030. The van der Waals surface area contributed by atoms with Crippen LogP contribution in [-0.4, -0.2) is 41.6 Å². The summed E-state index contributed by atoms with van der Waals surface area (Å²) in [6.45, 7) is 2.16. The van der Waals surface area contributed by atoms with E-state index in [-0.39, 0.29) is 11.7 Å². The number of hydrogen-bond acceptors (Lipinski definition) is 4. The minimum absolute atomic E-state index is 0.103. The second-order valence-corrected chi connectivity index (χ2v) is 6.34. The Morgan fingerprint density at radius 2 is 1.81 bits per heavy atom. The zero-order valence-corrected chi connectivity index (χ0v) is 14.3. The molecule has 0 aliphatic carbocycles. The van der Waals surface area contributed by atoms with Crippen molar-refractivity contribution in [2.75, 3.05) is 31.1 Å². The van der Waals surface area contributed by atoms with Gasteiger partial charge in [0.2, 0.25) is 0 Å². The number of oxazole rings is 1. The predicted molar refractivity (Wildman–Crippen MR) is 96.0 cm³/mol. The van der Waals surface area contributed by atoms with E-state index in [1.807, 2.05) is 4.90 Å². The number of amides is 1. The third-order valence-electron chi connectivity index (χ3n) is 4.80. The summed E-state index contributed by atoms with van der Waals surface area (Å²) in [6, 6.07) is 11.6. The second-order valence-electron chi connectivity index (χ2n) is 6.34. The molecule has 2 aromatic carbocycles. The number of hydrogen-bond donors (Lipinski definition) is 0. The molecule has 0 unspecified atom stereocenters. The molecule has 0 bridgehead atoms. The summed E-state index contributed by atoms with van der Waals surface area (Å²) in [7, 11) is 1.61. The van der Waals surface area contributed by atoms with Gasteiger partial charge in [0.25, 0.3) is 5.91 Å². The lowest BCUT2D eigenvalue weighted by Crippen LogP contribution is -2.49. The maximum atomic E-state index is 13.9. The van der Waals surface area contributed by atoms with E-state index >= 15 is 0 Å². The molecule has 2 heterocycles. The van der Waals surface area contributed by atoms with E-state index in [2.05, 4.69) is 0 Å². The normalized spacial score (nSPS) is 14.8. The Labute approximate surface area is 149 Å². The molecular weight excluding hydrogens is 337 g/mol. The van der Waals surface area contributed by atoms with Gasteiger partial charge in [0.15, 0.2) is 5.58 Å². The van der Waals surface area contributed by atoms with Crippen molar-refractivity contribution in [3.8, 4) is 0 Å². The van der Waals surface area contributed by atoms with Gasteiger partial charge in [-0.3, -0.25) is 9.36 Å². The molecule has 0 spiro atoms. The molecule has 0 radical (unpaired) electrons. The smallest absolute Gasteiger partial charge is 0.408 e. The average Bonchev–Trinajstić information content (AvgIpc) is 2.95. The lowest BCUT2D eigenvalue weighted by Gasteiger charge is -2.36. The highest BCUT2D eigenvalue weighted by Crippen LogP contribution is 2.21. The first-order valence-electron chi connectivity index (χ1n) is 8.43. The van der Waals surface area contributed by atoms with Gasteiger partial charge in [-0.25, -0.2) is 9.18 Å². The Hall–Kier alpha value is -3.09. The molecule has 134 valence electrons. The van der Waals surface area contributed by atoms with Gasteiger partial charge in [0, 0.05) is 38.8 Å². The van der Waals surface area contributed by atoms with E-state index in [1.165, 1.54) is 10.6 Å². The molecule has 6 nitrogen and oxygen atoms in total. The number of aryl methyl sites for hydroxylation is 1. The maximum Gasteiger partial charge on any atom is 0.419 e. The average molecular weight is 355 g/mol. The summed E-state index contributed by atoms with van der Waals surface area (Å²) in [5, 5.41) is 0. The van der Waals surface area contributed by atoms with Crippen molar-refractivity contribution in [1.29, 1.82) is 0 Å². The minimum Gasteiger partial charge on any atom is -0.408 e. The van der Waals surface area contributed by atoms with Gasteiger partial charge < -0.3 is 14.2 Å². The topological polar surface area (TPSA) is 58.7 Å². The summed E-state index contributed by atoms with van der Waals surface area (Å²) in [5.74, 6) is -0.810. The number of carbonyl (C=O) groups excluding carboxylic acids is 1. The fraction of sp³-hybridized carbons (Fsp3) is 0.263. The van der Waals surface area contributed by atoms with Gasteiger partial charge in [0.05, 0.1) is 11.2 Å². The number of halogens is 1. The largest absolute Gasteiger partial charge is 0.419 e. The van der Waals surface area contributed by atoms with Crippen molar-refractivity contribution < 1.29 is 13.6 Å². The number of nitrogens with zero attached hydrogens (tertiary/aromatic N) is 3. The van der Waals surface area contributed by atoms with E-state index in [0.717, 1.165) is 0 Å². The molecule has 1 amide bonds. The van der Waals surface area contributed by atoms with Gasteiger partial charge in [-0.1, -0.05) is 12.1 Å². The Morgan fingerprint density at radius 1 is 1.08 bits per heavy atom. The number of piperazine rings is 1. The Balaban J connectivity index is 1.51. The number of para-hydroxylation sites is 1. The summed E-state index contributed by atoms with van der Waals surface area (Å²) in [4.78, 5) is 28.1. The molecule has 3 aromatic rings. The highest BCUT2D eigenvalue weighted by atomic mass is 19.1. The molecular formula is C19H18FN3O3. The van der Waals surface area contributed by atoms with Crippen LogP contribution < -0.4 is 10.7 Å². The molecule has 7 heteroatoms. The van der Waals surface area contributed by atoms with Gasteiger partial charge in [-0.05, 0) is 30.3 Å². The number of rotatable bonds is 2. The van der Waals surface area contributed by atoms with Crippen LogP contribution in [0.25, 0.3) is 11.1 Å². The summed E-state index contributed by atoms with van der Waals surface area (Å²) >= 11 is 0. The lowest BCUT2D eigenvalue weighted by atomic mass is 10.1. The molecule has 1 aliphatic rings. The zero-order valence-electron chi connectivity index (χ0n) is 14.3. The van der Waals surface area contributed by atoms with Crippen molar-refractivity contribution in [3.05, 3.63) is 64.4 Å². The third kappa shape index (κ3) is 2.75.